The number of hydrogen-bond donors (Lipinski definition) is 1. The van der Waals surface area contributed by atoms with E-state index in [2.05, 4.69) is 51.2 Å². The Morgan fingerprint density at radius 1 is 1.25 bits per heavy atom. The summed E-state index contributed by atoms with van der Waals surface area (Å²) in [6.45, 7) is 10.9. The zero-order chi connectivity index (χ0) is 14.6. The third-order valence-electron chi connectivity index (χ3n) is 4.18. The van der Waals surface area contributed by atoms with E-state index in [9.17, 15) is 0 Å². The second-order valence-electron chi connectivity index (χ2n) is 7.01. The van der Waals surface area contributed by atoms with Crippen molar-refractivity contribution in [3.8, 4) is 5.75 Å². The molecule has 1 N–H and O–H groups in total. The molecule has 0 aromatic heterocycles. The smallest absolute Gasteiger partial charge is 0.122 e. The van der Waals surface area contributed by atoms with Gasteiger partial charge in [0.25, 0.3) is 0 Å². The lowest BCUT2D eigenvalue weighted by Gasteiger charge is -2.24. The highest BCUT2D eigenvalue weighted by molar-refractivity contribution is 5.38. The van der Waals surface area contributed by atoms with E-state index in [4.69, 9.17) is 4.74 Å². The zero-order valence-corrected chi connectivity index (χ0v) is 13.5. The normalized spacial score (nSPS) is 19.9. The van der Waals surface area contributed by atoms with E-state index in [1.807, 2.05) is 0 Å². The van der Waals surface area contributed by atoms with Gasteiger partial charge in [0.1, 0.15) is 5.75 Å². The molecule has 1 aliphatic heterocycles. The fourth-order valence-electron chi connectivity index (χ4n) is 2.76. The number of hydrogen-bond acceptors (Lipinski definition) is 2. The summed E-state index contributed by atoms with van der Waals surface area (Å²) in [4.78, 5) is 0. The van der Waals surface area contributed by atoms with E-state index >= 15 is 0 Å². The van der Waals surface area contributed by atoms with E-state index in [1.165, 1.54) is 36.9 Å². The van der Waals surface area contributed by atoms with Crippen LogP contribution in [0, 0.1) is 6.92 Å². The SMILES string of the molecule is Cc1cc(C(C)(C)C)ccc1OCC[C@@H]1CCCCN1. The van der Waals surface area contributed by atoms with Gasteiger partial charge < -0.3 is 10.1 Å². The molecule has 0 amide bonds. The molecule has 0 unspecified atom stereocenters. The first-order chi connectivity index (χ1) is 9.47. The van der Waals surface area contributed by atoms with E-state index < -0.39 is 0 Å². The monoisotopic (exact) mass is 275 g/mol. The Morgan fingerprint density at radius 2 is 2.05 bits per heavy atom. The number of aryl methyl sites for hydroxylation is 1. The van der Waals surface area contributed by atoms with E-state index in [0.717, 1.165) is 18.8 Å². The molecule has 1 atom stereocenters. The van der Waals surface area contributed by atoms with Crippen LogP contribution < -0.4 is 10.1 Å². The number of rotatable bonds is 4. The maximum absolute atomic E-state index is 5.97. The average Bonchev–Trinajstić information content (AvgIpc) is 2.40. The van der Waals surface area contributed by atoms with Crippen molar-refractivity contribution in [2.24, 2.45) is 0 Å². The van der Waals surface area contributed by atoms with Crippen LogP contribution in [-0.4, -0.2) is 19.2 Å². The first-order valence-corrected chi connectivity index (χ1v) is 7.94. The second kappa shape index (κ2) is 6.62. The van der Waals surface area contributed by atoms with Crippen molar-refractivity contribution in [1.82, 2.24) is 5.32 Å². The molecule has 112 valence electrons. The van der Waals surface area contributed by atoms with Gasteiger partial charge in [-0.1, -0.05) is 39.3 Å². The molecule has 0 bridgehead atoms. The predicted octanol–water partition coefficient (Wildman–Crippen LogP) is 4.20. The minimum Gasteiger partial charge on any atom is -0.493 e. The predicted molar refractivity (Wildman–Crippen MR) is 85.6 cm³/mol. The van der Waals surface area contributed by atoms with Crippen LogP contribution in [0.25, 0.3) is 0 Å². The van der Waals surface area contributed by atoms with Gasteiger partial charge in [-0.25, -0.2) is 0 Å². The van der Waals surface area contributed by atoms with E-state index in [0.29, 0.717) is 6.04 Å². The number of nitrogens with one attached hydrogen (secondary N) is 1. The number of ether oxygens (including phenoxy) is 1. The van der Waals surface area contributed by atoms with Crippen LogP contribution in [0.3, 0.4) is 0 Å². The minimum atomic E-state index is 0.204. The summed E-state index contributed by atoms with van der Waals surface area (Å²) in [7, 11) is 0. The third kappa shape index (κ3) is 4.24. The van der Waals surface area contributed by atoms with Gasteiger partial charge >= 0.3 is 0 Å². The van der Waals surface area contributed by atoms with Crippen molar-refractivity contribution in [1.29, 1.82) is 0 Å². The molecule has 2 rings (SSSR count). The quantitative estimate of drug-likeness (QED) is 0.889. The first-order valence-electron chi connectivity index (χ1n) is 7.94. The van der Waals surface area contributed by atoms with Crippen LogP contribution in [0.1, 0.15) is 57.6 Å². The lowest BCUT2D eigenvalue weighted by molar-refractivity contribution is 0.267. The van der Waals surface area contributed by atoms with Gasteiger partial charge in [-0.3, -0.25) is 0 Å². The lowest BCUT2D eigenvalue weighted by atomic mass is 9.86. The molecule has 0 radical (unpaired) electrons. The van der Waals surface area contributed by atoms with Crippen molar-refractivity contribution < 1.29 is 4.74 Å². The van der Waals surface area contributed by atoms with Crippen LogP contribution >= 0.6 is 0 Å². The third-order valence-corrected chi connectivity index (χ3v) is 4.18. The summed E-state index contributed by atoms with van der Waals surface area (Å²) < 4.78 is 5.97. The van der Waals surface area contributed by atoms with Crippen molar-refractivity contribution in [3.63, 3.8) is 0 Å². The molecular formula is C18H29NO. The molecule has 1 saturated heterocycles. The summed E-state index contributed by atoms with van der Waals surface area (Å²) in [5, 5.41) is 3.57. The Kier molecular flexibility index (Phi) is 5.09. The van der Waals surface area contributed by atoms with Crippen LogP contribution in [-0.2, 0) is 5.41 Å². The van der Waals surface area contributed by atoms with Crippen LogP contribution in [0.4, 0.5) is 0 Å². The molecule has 1 aliphatic rings. The van der Waals surface area contributed by atoms with Gasteiger partial charge in [-0.05, 0) is 55.3 Å². The molecule has 1 heterocycles. The summed E-state index contributed by atoms with van der Waals surface area (Å²) in [6.07, 6.45) is 5.09. The summed E-state index contributed by atoms with van der Waals surface area (Å²) >= 11 is 0. The Hall–Kier alpha value is -1.02. The van der Waals surface area contributed by atoms with Crippen LogP contribution in [0.15, 0.2) is 18.2 Å². The molecule has 1 aromatic rings. The highest BCUT2D eigenvalue weighted by atomic mass is 16.5. The molecule has 0 saturated carbocycles. The standard InChI is InChI=1S/C18H29NO/c1-14-13-15(18(2,3)4)8-9-17(14)20-12-10-16-7-5-6-11-19-16/h8-9,13,16,19H,5-7,10-12H2,1-4H3/t16-/m0/s1. The van der Waals surface area contributed by atoms with Crippen molar-refractivity contribution in [2.75, 3.05) is 13.2 Å². The summed E-state index contributed by atoms with van der Waals surface area (Å²) in [5.74, 6) is 1.04. The zero-order valence-electron chi connectivity index (χ0n) is 13.5. The minimum absolute atomic E-state index is 0.204. The van der Waals surface area contributed by atoms with E-state index in [-0.39, 0.29) is 5.41 Å². The number of piperidine rings is 1. The van der Waals surface area contributed by atoms with Crippen LogP contribution in [0.2, 0.25) is 0 Å². The second-order valence-corrected chi connectivity index (χ2v) is 7.01. The Labute approximate surface area is 123 Å². The summed E-state index contributed by atoms with van der Waals surface area (Å²) in [6, 6.07) is 7.23. The Bertz CT molecular complexity index is 428. The Balaban J connectivity index is 1.86. The highest BCUT2D eigenvalue weighted by Gasteiger charge is 2.15. The van der Waals surface area contributed by atoms with Crippen molar-refractivity contribution in [3.05, 3.63) is 29.3 Å². The lowest BCUT2D eigenvalue weighted by Crippen LogP contribution is -2.35. The average molecular weight is 275 g/mol. The first kappa shape index (κ1) is 15.4. The van der Waals surface area contributed by atoms with Gasteiger partial charge in [0.15, 0.2) is 0 Å². The molecular weight excluding hydrogens is 246 g/mol. The molecule has 1 aromatic carbocycles. The maximum Gasteiger partial charge on any atom is 0.122 e. The molecule has 2 nitrogen and oxygen atoms in total. The van der Waals surface area contributed by atoms with Crippen molar-refractivity contribution >= 4 is 0 Å². The molecule has 20 heavy (non-hydrogen) atoms. The van der Waals surface area contributed by atoms with Gasteiger partial charge in [0, 0.05) is 6.04 Å². The fourth-order valence-corrected chi connectivity index (χ4v) is 2.76. The van der Waals surface area contributed by atoms with Gasteiger partial charge in [0.05, 0.1) is 6.61 Å². The van der Waals surface area contributed by atoms with Crippen molar-refractivity contribution in [2.45, 2.75) is 64.8 Å². The fraction of sp³-hybridized carbons (Fsp3) is 0.667. The highest BCUT2D eigenvalue weighted by Crippen LogP contribution is 2.27. The molecule has 0 spiro atoms. The molecule has 0 aliphatic carbocycles. The number of benzene rings is 1. The molecule has 1 fully saturated rings. The van der Waals surface area contributed by atoms with Gasteiger partial charge in [0.2, 0.25) is 0 Å². The van der Waals surface area contributed by atoms with Gasteiger partial charge in [-0.2, -0.15) is 0 Å². The van der Waals surface area contributed by atoms with Gasteiger partial charge in [-0.15, -0.1) is 0 Å². The maximum atomic E-state index is 5.97. The van der Waals surface area contributed by atoms with E-state index in [1.54, 1.807) is 0 Å². The van der Waals surface area contributed by atoms with Crippen LogP contribution in [0.5, 0.6) is 5.75 Å². The largest absolute Gasteiger partial charge is 0.493 e. The topological polar surface area (TPSA) is 21.3 Å². The summed E-state index contributed by atoms with van der Waals surface area (Å²) in [5.41, 5.74) is 2.82. The molecule has 2 heteroatoms. The Morgan fingerprint density at radius 3 is 2.65 bits per heavy atom.